The first kappa shape index (κ1) is 18.8. The number of hydrogen-bond acceptors (Lipinski definition) is 5. The average molecular weight is 400 g/mol. The van der Waals surface area contributed by atoms with Gasteiger partial charge in [0.15, 0.2) is 0 Å². The summed E-state index contributed by atoms with van der Waals surface area (Å²) in [5.74, 6) is -0.306. The third kappa shape index (κ3) is 3.57. The highest BCUT2D eigenvalue weighted by Gasteiger charge is 2.30. The number of rotatable bonds is 4. The minimum atomic E-state index is -0.973. The molecule has 1 amide bonds. The fourth-order valence-corrected chi connectivity index (χ4v) is 4.38. The van der Waals surface area contributed by atoms with E-state index in [1.54, 1.807) is 23.2 Å². The van der Waals surface area contributed by atoms with Crippen LogP contribution in [0.25, 0.3) is 21.8 Å². The number of halogens is 1. The second-order valence-corrected chi connectivity index (χ2v) is 7.88. The monoisotopic (exact) mass is 400 g/mol. The van der Waals surface area contributed by atoms with E-state index in [0.717, 1.165) is 40.4 Å². The largest absolute Gasteiger partial charge is 0.384 e. The van der Waals surface area contributed by atoms with E-state index in [0.29, 0.717) is 13.1 Å². The Morgan fingerprint density at radius 2 is 2.04 bits per heavy atom. The van der Waals surface area contributed by atoms with Crippen LogP contribution >= 0.6 is 11.3 Å². The number of nitrogens with zero attached hydrogens (tertiary/aromatic N) is 3. The molecule has 2 N–H and O–H groups in total. The van der Waals surface area contributed by atoms with Gasteiger partial charge in [0.1, 0.15) is 22.6 Å². The van der Waals surface area contributed by atoms with Gasteiger partial charge in [0.05, 0.1) is 5.56 Å². The van der Waals surface area contributed by atoms with E-state index >= 15 is 0 Å². The summed E-state index contributed by atoms with van der Waals surface area (Å²) in [6, 6.07) is 6.29. The van der Waals surface area contributed by atoms with Gasteiger partial charge >= 0.3 is 0 Å². The number of likely N-dealkylation sites (tertiary alicyclic amines) is 1. The molecule has 6 nitrogen and oxygen atoms in total. The van der Waals surface area contributed by atoms with E-state index < -0.39 is 6.10 Å². The van der Waals surface area contributed by atoms with Gasteiger partial charge in [-0.05, 0) is 44.0 Å². The topological polar surface area (TPSA) is 82.1 Å². The predicted octanol–water partition coefficient (Wildman–Crippen LogP) is 3.43. The molecule has 1 aliphatic heterocycles. The number of nitrogens with one attached hydrogen (secondary N) is 1. The van der Waals surface area contributed by atoms with Crippen LogP contribution in [0.4, 0.5) is 4.39 Å². The number of thiazole rings is 1. The Morgan fingerprint density at radius 1 is 1.32 bits per heavy atom. The number of H-pyrrole nitrogens is 1. The number of carbonyl (C=O) groups is 1. The van der Waals surface area contributed by atoms with Crippen molar-refractivity contribution in [1.82, 2.24) is 20.1 Å². The van der Waals surface area contributed by atoms with E-state index in [4.69, 9.17) is 0 Å². The molecule has 3 heterocycles. The molecule has 1 aromatic carbocycles. The normalized spacial score (nSPS) is 16.3. The number of amides is 1. The molecular weight excluding hydrogens is 379 g/mol. The van der Waals surface area contributed by atoms with Crippen LogP contribution in [0.15, 0.2) is 35.8 Å². The Balaban J connectivity index is 1.65. The predicted molar refractivity (Wildman–Crippen MR) is 105 cm³/mol. The lowest BCUT2D eigenvalue weighted by Gasteiger charge is -2.32. The van der Waals surface area contributed by atoms with Gasteiger partial charge in [0, 0.05) is 41.8 Å². The second kappa shape index (κ2) is 7.81. The Bertz CT molecular complexity index is 945. The smallest absolute Gasteiger partial charge is 0.251 e. The number of aromatic amines is 1. The van der Waals surface area contributed by atoms with E-state index in [-0.39, 0.29) is 17.6 Å². The molecule has 1 saturated heterocycles. The first-order chi connectivity index (χ1) is 13.5. The number of hydrogen-bond donors (Lipinski definition) is 2. The summed E-state index contributed by atoms with van der Waals surface area (Å²) in [5.41, 5.74) is 3.53. The summed E-state index contributed by atoms with van der Waals surface area (Å²) in [6.45, 7) is 2.69. The van der Waals surface area contributed by atoms with Crippen molar-refractivity contribution in [3.8, 4) is 21.8 Å². The Morgan fingerprint density at radius 3 is 2.64 bits per heavy atom. The molecule has 3 aromatic rings. The van der Waals surface area contributed by atoms with Crippen LogP contribution in [0.1, 0.15) is 31.4 Å². The first-order valence-electron chi connectivity index (χ1n) is 9.25. The van der Waals surface area contributed by atoms with E-state index in [9.17, 15) is 14.3 Å². The minimum absolute atomic E-state index is 0.207. The van der Waals surface area contributed by atoms with Crippen LogP contribution in [0, 0.1) is 5.82 Å². The maximum atomic E-state index is 13.3. The summed E-state index contributed by atoms with van der Waals surface area (Å²) in [4.78, 5) is 18.2. The van der Waals surface area contributed by atoms with E-state index in [2.05, 4.69) is 15.2 Å². The van der Waals surface area contributed by atoms with Crippen LogP contribution in [0.2, 0.25) is 0 Å². The number of aliphatic hydroxyl groups is 1. The molecule has 8 heteroatoms. The van der Waals surface area contributed by atoms with Gasteiger partial charge in [0.25, 0.3) is 5.91 Å². The number of piperidine rings is 1. The van der Waals surface area contributed by atoms with Gasteiger partial charge in [-0.1, -0.05) is 0 Å². The lowest BCUT2D eigenvalue weighted by Crippen LogP contribution is -2.42. The van der Waals surface area contributed by atoms with Crippen molar-refractivity contribution in [2.24, 2.45) is 0 Å². The van der Waals surface area contributed by atoms with Gasteiger partial charge < -0.3 is 10.0 Å². The third-order valence-corrected chi connectivity index (χ3v) is 5.92. The molecule has 0 spiro atoms. The number of carbonyl (C=O) groups excluding carboxylic acids is 1. The van der Waals surface area contributed by atoms with Crippen molar-refractivity contribution in [2.45, 2.75) is 31.8 Å². The molecule has 146 valence electrons. The molecular formula is C20H21FN4O2S. The molecule has 28 heavy (non-hydrogen) atoms. The first-order valence-corrected chi connectivity index (χ1v) is 10.1. The van der Waals surface area contributed by atoms with E-state index in [1.165, 1.54) is 30.4 Å². The van der Waals surface area contributed by atoms with Gasteiger partial charge in [-0.15, -0.1) is 11.3 Å². The van der Waals surface area contributed by atoms with Gasteiger partial charge in [-0.25, -0.2) is 9.37 Å². The highest BCUT2D eigenvalue weighted by atomic mass is 32.1. The zero-order valence-corrected chi connectivity index (χ0v) is 16.2. The van der Waals surface area contributed by atoms with Gasteiger partial charge in [0.2, 0.25) is 0 Å². The molecule has 2 aromatic heterocycles. The SMILES string of the molecule is CC(O)C(=O)N1CCC(c2[nH]nc(-c3ccc(F)cc3)c2-c2nccs2)CC1. The minimum Gasteiger partial charge on any atom is -0.384 e. The summed E-state index contributed by atoms with van der Waals surface area (Å²) in [6.07, 6.45) is 2.35. The number of aromatic nitrogens is 3. The quantitative estimate of drug-likeness (QED) is 0.703. The van der Waals surface area contributed by atoms with Gasteiger partial charge in [-0.3, -0.25) is 9.89 Å². The van der Waals surface area contributed by atoms with E-state index in [1.807, 2.05) is 5.38 Å². The van der Waals surface area contributed by atoms with Crippen LogP contribution in [0.3, 0.4) is 0 Å². The zero-order valence-electron chi connectivity index (χ0n) is 15.4. The highest BCUT2D eigenvalue weighted by Crippen LogP contribution is 2.40. The van der Waals surface area contributed by atoms with Crippen molar-refractivity contribution in [3.63, 3.8) is 0 Å². The average Bonchev–Trinajstić information content (AvgIpc) is 3.37. The maximum absolute atomic E-state index is 13.3. The molecule has 0 bridgehead atoms. The highest BCUT2D eigenvalue weighted by molar-refractivity contribution is 7.13. The fraction of sp³-hybridized carbons (Fsp3) is 0.350. The molecule has 4 rings (SSSR count). The summed E-state index contributed by atoms with van der Waals surface area (Å²) in [7, 11) is 0. The van der Waals surface area contributed by atoms with Crippen molar-refractivity contribution >= 4 is 17.2 Å². The third-order valence-electron chi connectivity index (χ3n) is 5.13. The Labute approximate surface area is 166 Å². The standard InChI is InChI=1S/C20H21FN4O2S/c1-12(26)20(27)25-9-6-14(7-10-25)18-16(19-22-8-11-28-19)17(23-24-18)13-2-4-15(21)5-3-13/h2-5,8,11-12,14,26H,6-7,9-10H2,1H3,(H,23,24). The van der Waals surface area contributed by atoms with Gasteiger partial charge in [-0.2, -0.15) is 5.10 Å². The molecule has 0 aliphatic carbocycles. The van der Waals surface area contributed by atoms with Crippen LogP contribution in [-0.4, -0.2) is 50.3 Å². The summed E-state index contributed by atoms with van der Waals surface area (Å²) >= 11 is 1.54. The summed E-state index contributed by atoms with van der Waals surface area (Å²) < 4.78 is 13.3. The molecule has 0 radical (unpaired) electrons. The van der Waals surface area contributed by atoms with Crippen molar-refractivity contribution in [3.05, 3.63) is 47.4 Å². The second-order valence-electron chi connectivity index (χ2n) is 6.98. The van der Waals surface area contributed by atoms with Crippen molar-refractivity contribution in [1.29, 1.82) is 0 Å². The number of aliphatic hydroxyl groups excluding tert-OH is 1. The fourth-order valence-electron chi connectivity index (χ4n) is 3.68. The molecule has 1 fully saturated rings. The number of benzene rings is 1. The lowest BCUT2D eigenvalue weighted by molar-refractivity contribution is -0.140. The van der Waals surface area contributed by atoms with Crippen LogP contribution in [0.5, 0.6) is 0 Å². The molecule has 1 atom stereocenters. The molecule has 1 aliphatic rings. The summed E-state index contributed by atoms with van der Waals surface area (Å²) in [5, 5.41) is 20.0. The lowest BCUT2D eigenvalue weighted by atomic mass is 9.90. The Hall–Kier alpha value is -2.58. The van der Waals surface area contributed by atoms with Crippen LogP contribution < -0.4 is 0 Å². The zero-order chi connectivity index (χ0) is 19.7. The molecule has 0 saturated carbocycles. The Kier molecular flexibility index (Phi) is 5.23. The van der Waals surface area contributed by atoms with Crippen LogP contribution in [-0.2, 0) is 4.79 Å². The maximum Gasteiger partial charge on any atom is 0.251 e. The van der Waals surface area contributed by atoms with Crippen molar-refractivity contribution in [2.75, 3.05) is 13.1 Å². The molecule has 1 unspecified atom stereocenters. The van der Waals surface area contributed by atoms with Crippen molar-refractivity contribution < 1.29 is 14.3 Å².